The molecule has 1 nitrogen and oxygen atoms in total. The fraction of sp³-hybridized carbons (Fsp3) is 1.00. The Labute approximate surface area is 339 Å². The summed E-state index contributed by atoms with van der Waals surface area (Å²) in [4.78, 5) is 3.00. The van der Waals surface area contributed by atoms with Gasteiger partial charge < -0.3 is 0 Å². The van der Waals surface area contributed by atoms with Crippen LogP contribution in [-0.2, 0) is 0 Å². The Hall–Kier alpha value is -0.0400. The van der Waals surface area contributed by atoms with Crippen molar-refractivity contribution in [3.63, 3.8) is 0 Å². The molecule has 0 aliphatic rings. The molecular formula is C52H107N. The third-order valence-corrected chi connectivity index (χ3v) is 13.0. The van der Waals surface area contributed by atoms with Gasteiger partial charge in [0.2, 0.25) is 0 Å². The molecule has 0 spiro atoms. The molecule has 0 aromatic heterocycles. The van der Waals surface area contributed by atoms with Crippen LogP contribution in [0.2, 0.25) is 0 Å². The molecule has 0 heterocycles. The van der Waals surface area contributed by atoms with Crippen molar-refractivity contribution in [3.05, 3.63) is 0 Å². The first-order valence-corrected chi connectivity index (χ1v) is 25.6. The largest absolute Gasteiger partial charge is 0.293 e. The number of hydrogen-bond acceptors (Lipinski definition) is 1. The third-order valence-electron chi connectivity index (χ3n) is 13.0. The molecule has 0 aromatic rings. The molecule has 53 heavy (non-hydrogen) atoms. The minimum Gasteiger partial charge on any atom is -0.293 e. The molecule has 0 N–H and O–H groups in total. The van der Waals surface area contributed by atoms with Crippen molar-refractivity contribution in [2.24, 2.45) is 0 Å². The van der Waals surface area contributed by atoms with Gasteiger partial charge in [-0.15, -0.1) is 0 Å². The lowest BCUT2D eigenvalue weighted by Crippen LogP contribution is -2.55. The van der Waals surface area contributed by atoms with Crippen LogP contribution in [0.1, 0.15) is 318 Å². The average Bonchev–Trinajstić information content (AvgIpc) is 3.13. The van der Waals surface area contributed by atoms with Gasteiger partial charge in [-0.25, -0.2) is 0 Å². The topological polar surface area (TPSA) is 3.24 Å². The summed E-state index contributed by atoms with van der Waals surface area (Å²) in [5, 5.41) is 0. The second kappa shape index (κ2) is 40.2. The highest BCUT2D eigenvalue weighted by Crippen LogP contribution is 2.34. The van der Waals surface area contributed by atoms with Gasteiger partial charge in [-0.3, -0.25) is 4.90 Å². The predicted octanol–water partition coefficient (Wildman–Crippen LogP) is 19.3. The predicted molar refractivity (Wildman–Crippen MR) is 246 cm³/mol. The van der Waals surface area contributed by atoms with E-state index < -0.39 is 0 Å². The summed E-state index contributed by atoms with van der Waals surface area (Å²) in [5.74, 6) is 0. The van der Waals surface area contributed by atoms with Crippen molar-refractivity contribution in [2.75, 3.05) is 6.54 Å². The van der Waals surface area contributed by atoms with E-state index in [0.29, 0.717) is 11.1 Å². The van der Waals surface area contributed by atoms with Crippen LogP contribution in [0.15, 0.2) is 0 Å². The van der Waals surface area contributed by atoms with Crippen molar-refractivity contribution in [2.45, 2.75) is 329 Å². The zero-order valence-electron chi connectivity index (χ0n) is 38.9. The second-order valence-electron chi connectivity index (χ2n) is 19.4. The van der Waals surface area contributed by atoms with Crippen molar-refractivity contribution < 1.29 is 0 Å². The Balaban J connectivity index is 4.50. The third kappa shape index (κ3) is 36.1. The summed E-state index contributed by atoms with van der Waals surface area (Å²) in [6.07, 6.45) is 60.7. The zero-order valence-corrected chi connectivity index (χ0v) is 38.9. The van der Waals surface area contributed by atoms with E-state index in [1.807, 2.05) is 0 Å². The molecule has 0 amide bonds. The van der Waals surface area contributed by atoms with Gasteiger partial charge >= 0.3 is 0 Å². The molecular weight excluding hydrogens is 639 g/mol. The zero-order chi connectivity index (χ0) is 39.0. The highest BCUT2D eigenvalue weighted by atomic mass is 15.2. The minimum atomic E-state index is 0.300. The SMILES string of the molecule is CCCCCCCCCCCCCCCCN(C(C)(C)CCCCCCCCCCCCCCC)C(C)(C)CCCCCCCCCCCCCCC. The first kappa shape index (κ1) is 53.0. The Morgan fingerprint density at radius 2 is 0.396 bits per heavy atom. The standard InChI is InChI=1S/C52H107N/c1-8-11-14-17-20-23-26-29-32-35-38-41-44-47-50-53(51(4,5)48-45-42-39-36-33-30-27-24-21-18-15-12-9-2)52(6,7)49-46-43-40-37-34-31-28-25-22-19-16-13-10-3/h8-50H2,1-7H3. The fourth-order valence-corrected chi connectivity index (χ4v) is 9.31. The summed E-state index contributed by atoms with van der Waals surface area (Å²) < 4.78 is 0. The first-order chi connectivity index (χ1) is 25.8. The van der Waals surface area contributed by atoms with Gasteiger partial charge in [-0.05, 0) is 53.5 Å². The van der Waals surface area contributed by atoms with Crippen LogP contribution in [0, 0.1) is 0 Å². The Morgan fingerprint density at radius 3 is 0.604 bits per heavy atom. The molecule has 0 rings (SSSR count). The summed E-state index contributed by atoms with van der Waals surface area (Å²) in [7, 11) is 0. The molecule has 0 radical (unpaired) electrons. The van der Waals surface area contributed by atoms with Gasteiger partial charge in [0, 0.05) is 11.1 Å². The van der Waals surface area contributed by atoms with E-state index in [2.05, 4.69) is 53.4 Å². The van der Waals surface area contributed by atoms with E-state index in [1.54, 1.807) is 0 Å². The van der Waals surface area contributed by atoms with E-state index in [1.165, 1.54) is 276 Å². The molecule has 0 aliphatic carbocycles. The smallest absolute Gasteiger partial charge is 0.0158 e. The lowest BCUT2D eigenvalue weighted by atomic mass is 9.85. The lowest BCUT2D eigenvalue weighted by Gasteiger charge is -2.49. The van der Waals surface area contributed by atoms with Crippen LogP contribution in [0.5, 0.6) is 0 Å². The number of nitrogens with zero attached hydrogens (tertiary/aromatic N) is 1. The second-order valence-corrected chi connectivity index (χ2v) is 19.4. The first-order valence-electron chi connectivity index (χ1n) is 25.6. The van der Waals surface area contributed by atoms with Crippen molar-refractivity contribution in [3.8, 4) is 0 Å². The molecule has 0 saturated heterocycles. The minimum absolute atomic E-state index is 0.300. The average molecular weight is 746 g/mol. The Morgan fingerprint density at radius 1 is 0.226 bits per heavy atom. The van der Waals surface area contributed by atoms with Crippen LogP contribution in [0.25, 0.3) is 0 Å². The van der Waals surface area contributed by atoms with Crippen LogP contribution in [-0.4, -0.2) is 22.5 Å². The van der Waals surface area contributed by atoms with Gasteiger partial charge in [-0.2, -0.15) is 0 Å². The van der Waals surface area contributed by atoms with Gasteiger partial charge in [-0.1, -0.05) is 271 Å². The highest BCUT2D eigenvalue weighted by molar-refractivity contribution is 4.92. The summed E-state index contributed by atoms with van der Waals surface area (Å²) in [6, 6.07) is 0. The van der Waals surface area contributed by atoms with Gasteiger partial charge in [0.15, 0.2) is 0 Å². The molecule has 0 fully saturated rings. The lowest BCUT2D eigenvalue weighted by molar-refractivity contribution is 0.00151. The van der Waals surface area contributed by atoms with Crippen LogP contribution in [0.3, 0.4) is 0 Å². The highest BCUT2D eigenvalue weighted by Gasteiger charge is 2.36. The van der Waals surface area contributed by atoms with Crippen molar-refractivity contribution in [1.29, 1.82) is 0 Å². The summed E-state index contributed by atoms with van der Waals surface area (Å²) in [6.45, 7) is 18.7. The van der Waals surface area contributed by atoms with E-state index in [4.69, 9.17) is 0 Å². The van der Waals surface area contributed by atoms with Gasteiger partial charge in [0.25, 0.3) is 0 Å². The van der Waals surface area contributed by atoms with Crippen LogP contribution < -0.4 is 0 Å². The number of hydrogen-bond donors (Lipinski definition) is 0. The van der Waals surface area contributed by atoms with E-state index >= 15 is 0 Å². The molecule has 0 aromatic carbocycles. The molecule has 0 atom stereocenters. The van der Waals surface area contributed by atoms with Gasteiger partial charge in [0.05, 0.1) is 0 Å². The van der Waals surface area contributed by atoms with Crippen LogP contribution in [0.4, 0.5) is 0 Å². The molecule has 0 bridgehead atoms. The maximum atomic E-state index is 3.00. The molecule has 0 unspecified atom stereocenters. The molecule has 1 heteroatoms. The van der Waals surface area contributed by atoms with Crippen molar-refractivity contribution >= 4 is 0 Å². The molecule has 320 valence electrons. The summed E-state index contributed by atoms with van der Waals surface area (Å²) >= 11 is 0. The monoisotopic (exact) mass is 746 g/mol. The quantitative estimate of drug-likeness (QED) is 0.0561. The Bertz CT molecular complexity index is 637. The Kier molecular flexibility index (Phi) is 40.1. The maximum Gasteiger partial charge on any atom is 0.0158 e. The molecule has 0 saturated carbocycles. The number of rotatable bonds is 45. The van der Waals surface area contributed by atoms with E-state index in [9.17, 15) is 0 Å². The van der Waals surface area contributed by atoms with Crippen molar-refractivity contribution in [1.82, 2.24) is 4.90 Å². The summed E-state index contributed by atoms with van der Waals surface area (Å²) in [5.41, 5.74) is 0.600. The van der Waals surface area contributed by atoms with E-state index in [0.717, 1.165) is 0 Å². The normalized spacial score (nSPS) is 12.5. The number of unbranched alkanes of at least 4 members (excludes halogenated alkanes) is 37. The fourth-order valence-electron chi connectivity index (χ4n) is 9.31. The molecule has 0 aliphatic heterocycles. The van der Waals surface area contributed by atoms with Crippen LogP contribution >= 0.6 is 0 Å². The van der Waals surface area contributed by atoms with E-state index in [-0.39, 0.29) is 0 Å². The van der Waals surface area contributed by atoms with Gasteiger partial charge in [0.1, 0.15) is 0 Å². The maximum absolute atomic E-state index is 3.00.